The molecule has 1 heterocycles. The quantitative estimate of drug-likeness (QED) is 0.788. The molecule has 2 nitrogen and oxygen atoms in total. The number of carbonyl (C=O) groups excluding carboxylic acids is 1. The van der Waals surface area contributed by atoms with Gasteiger partial charge < -0.3 is 4.74 Å². The molecule has 1 unspecified atom stereocenters. The molecule has 0 spiro atoms. The minimum Gasteiger partial charge on any atom is -0.367 e. The normalized spacial score (nSPS) is 12.9. The van der Waals surface area contributed by atoms with Crippen LogP contribution in [0, 0.1) is 5.82 Å². The molecule has 0 aliphatic heterocycles. The van der Waals surface area contributed by atoms with Crippen LogP contribution in [-0.4, -0.2) is 12.4 Å². The first-order valence-electron chi connectivity index (χ1n) is 4.52. The summed E-state index contributed by atoms with van der Waals surface area (Å²) in [6.07, 6.45) is -0.836. The predicted molar refractivity (Wildman–Crippen MR) is 62.4 cm³/mol. The van der Waals surface area contributed by atoms with Crippen molar-refractivity contribution < 1.29 is 13.9 Å². The summed E-state index contributed by atoms with van der Waals surface area (Å²) in [5.74, 6) is -0.343. The average Bonchev–Trinajstić information content (AvgIpc) is 2.62. The van der Waals surface area contributed by atoms with Crippen LogP contribution in [0.5, 0.6) is 0 Å². The van der Waals surface area contributed by atoms with E-state index in [9.17, 15) is 9.18 Å². The summed E-state index contributed by atoms with van der Waals surface area (Å²) >= 11 is 6.85. The maximum absolute atomic E-state index is 13.1. The molecule has 0 radical (unpaired) electrons. The summed E-state index contributed by atoms with van der Waals surface area (Å²) in [5, 5.41) is 1.83. The minimum atomic E-state index is -0.836. The van der Waals surface area contributed by atoms with Crippen molar-refractivity contribution >= 4 is 38.3 Å². The van der Waals surface area contributed by atoms with Gasteiger partial charge >= 0.3 is 0 Å². The molecule has 0 aliphatic rings. The van der Waals surface area contributed by atoms with Gasteiger partial charge in [0.25, 0.3) is 5.24 Å². The van der Waals surface area contributed by atoms with Crippen molar-refractivity contribution in [1.82, 2.24) is 0 Å². The van der Waals surface area contributed by atoms with Crippen LogP contribution >= 0.6 is 22.9 Å². The van der Waals surface area contributed by atoms with Gasteiger partial charge in [-0.25, -0.2) is 4.39 Å². The molecule has 0 fully saturated rings. The summed E-state index contributed by atoms with van der Waals surface area (Å²) in [7, 11) is 1.40. The number of carbonyl (C=O) groups is 1. The van der Waals surface area contributed by atoms with E-state index in [0.717, 1.165) is 4.70 Å². The first-order chi connectivity index (χ1) is 7.63. The molecule has 2 rings (SSSR count). The molecular formula is C11H8ClFO2S. The topological polar surface area (TPSA) is 26.3 Å². The van der Waals surface area contributed by atoms with E-state index in [-0.39, 0.29) is 5.82 Å². The van der Waals surface area contributed by atoms with Crippen LogP contribution in [0.2, 0.25) is 0 Å². The Balaban J connectivity index is 2.59. The predicted octanol–water partition coefficient (Wildman–Crippen LogP) is 3.49. The van der Waals surface area contributed by atoms with E-state index < -0.39 is 11.3 Å². The second kappa shape index (κ2) is 4.49. The van der Waals surface area contributed by atoms with Crippen LogP contribution < -0.4 is 0 Å². The average molecular weight is 259 g/mol. The highest BCUT2D eigenvalue weighted by molar-refractivity contribution is 7.17. The summed E-state index contributed by atoms with van der Waals surface area (Å²) < 4.78 is 19.0. The highest BCUT2D eigenvalue weighted by atomic mass is 35.5. The molecule has 2 aromatic rings. The Bertz CT molecular complexity index is 538. The molecule has 0 N–H and O–H groups in total. The number of methoxy groups -OCH3 is 1. The second-order valence-electron chi connectivity index (χ2n) is 3.25. The fraction of sp³-hybridized carbons (Fsp3) is 0.182. The van der Waals surface area contributed by atoms with Gasteiger partial charge in [-0.1, -0.05) is 0 Å². The van der Waals surface area contributed by atoms with Crippen molar-refractivity contribution in [2.75, 3.05) is 7.11 Å². The third kappa shape index (κ3) is 1.96. The van der Waals surface area contributed by atoms with Crippen molar-refractivity contribution in [2.45, 2.75) is 6.10 Å². The monoisotopic (exact) mass is 258 g/mol. The van der Waals surface area contributed by atoms with Crippen LogP contribution in [0.3, 0.4) is 0 Å². The van der Waals surface area contributed by atoms with Gasteiger partial charge in [0.1, 0.15) is 5.82 Å². The molecule has 0 bridgehead atoms. The van der Waals surface area contributed by atoms with E-state index >= 15 is 0 Å². The number of hydrogen-bond acceptors (Lipinski definition) is 3. The van der Waals surface area contributed by atoms with E-state index in [0.29, 0.717) is 10.9 Å². The first-order valence-corrected chi connectivity index (χ1v) is 5.78. The van der Waals surface area contributed by atoms with Gasteiger partial charge in [-0.15, -0.1) is 11.3 Å². The van der Waals surface area contributed by atoms with E-state index in [4.69, 9.17) is 16.3 Å². The van der Waals surface area contributed by atoms with Gasteiger partial charge in [0.05, 0.1) is 0 Å². The lowest BCUT2D eigenvalue weighted by atomic mass is 10.1. The standard InChI is InChI=1S/C11H8ClFO2S/c1-15-10(11(12)14)8-5-16-9-3-2-6(13)4-7(8)9/h2-5,10H,1H3. The summed E-state index contributed by atoms with van der Waals surface area (Å²) in [5.41, 5.74) is 0.613. The molecule has 5 heteroatoms. The zero-order valence-electron chi connectivity index (χ0n) is 8.37. The van der Waals surface area contributed by atoms with Gasteiger partial charge in [0.2, 0.25) is 0 Å². The molecule has 1 atom stereocenters. The Labute approximate surface area is 101 Å². The highest BCUT2D eigenvalue weighted by Gasteiger charge is 2.21. The fourth-order valence-electron chi connectivity index (χ4n) is 1.57. The molecule has 0 aliphatic carbocycles. The summed E-state index contributed by atoms with van der Waals surface area (Å²) in [6, 6.07) is 4.43. The number of thiophene rings is 1. The van der Waals surface area contributed by atoms with Gasteiger partial charge in [0.15, 0.2) is 6.10 Å². The largest absolute Gasteiger partial charge is 0.367 e. The van der Waals surface area contributed by atoms with Crippen LogP contribution in [0.1, 0.15) is 11.7 Å². The molecule has 16 heavy (non-hydrogen) atoms. The van der Waals surface area contributed by atoms with E-state index in [1.54, 1.807) is 11.4 Å². The molecule has 1 aromatic carbocycles. The van der Waals surface area contributed by atoms with Crippen molar-refractivity contribution in [1.29, 1.82) is 0 Å². The number of ether oxygens (including phenoxy) is 1. The van der Waals surface area contributed by atoms with Crippen molar-refractivity contribution in [3.05, 3.63) is 35.0 Å². The number of hydrogen-bond donors (Lipinski definition) is 0. The van der Waals surface area contributed by atoms with E-state index in [1.165, 1.54) is 30.6 Å². The van der Waals surface area contributed by atoms with Crippen molar-refractivity contribution in [3.63, 3.8) is 0 Å². The van der Waals surface area contributed by atoms with E-state index in [1.807, 2.05) is 0 Å². The van der Waals surface area contributed by atoms with Gasteiger partial charge in [0, 0.05) is 22.8 Å². The maximum atomic E-state index is 13.1. The van der Waals surface area contributed by atoms with E-state index in [2.05, 4.69) is 0 Å². The minimum absolute atomic E-state index is 0.343. The van der Waals surface area contributed by atoms with Crippen molar-refractivity contribution in [3.8, 4) is 0 Å². The Morgan fingerprint density at radius 1 is 1.56 bits per heavy atom. The lowest BCUT2D eigenvalue weighted by Gasteiger charge is -2.09. The number of halogens is 2. The smallest absolute Gasteiger partial charge is 0.255 e. The SMILES string of the molecule is COC(C(=O)Cl)c1csc2ccc(F)cc12. The number of rotatable bonds is 3. The Kier molecular flexibility index (Phi) is 3.23. The summed E-state index contributed by atoms with van der Waals surface area (Å²) in [4.78, 5) is 11.2. The molecule has 0 saturated carbocycles. The molecular weight excluding hydrogens is 251 g/mol. The highest BCUT2D eigenvalue weighted by Crippen LogP contribution is 2.33. The Morgan fingerprint density at radius 3 is 2.94 bits per heavy atom. The first kappa shape index (κ1) is 11.5. The third-order valence-electron chi connectivity index (χ3n) is 2.29. The third-order valence-corrected chi connectivity index (χ3v) is 3.47. The molecule has 0 amide bonds. The number of fused-ring (bicyclic) bond motifs is 1. The van der Waals surface area contributed by atoms with Crippen LogP contribution in [0.25, 0.3) is 10.1 Å². The molecule has 0 saturated heterocycles. The van der Waals surface area contributed by atoms with Crippen LogP contribution in [0.15, 0.2) is 23.6 Å². The lowest BCUT2D eigenvalue weighted by molar-refractivity contribution is -0.120. The Hall–Kier alpha value is -0.970. The summed E-state index contributed by atoms with van der Waals surface area (Å²) in [6.45, 7) is 0. The van der Waals surface area contributed by atoms with Crippen molar-refractivity contribution in [2.24, 2.45) is 0 Å². The van der Waals surface area contributed by atoms with Gasteiger partial charge in [-0.05, 0) is 35.2 Å². The second-order valence-corrected chi connectivity index (χ2v) is 4.54. The zero-order chi connectivity index (χ0) is 11.7. The molecule has 84 valence electrons. The number of benzene rings is 1. The van der Waals surface area contributed by atoms with Crippen LogP contribution in [0.4, 0.5) is 4.39 Å². The Morgan fingerprint density at radius 2 is 2.31 bits per heavy atom. The molecule has 1 aromatic heterocycles. The maximum Gasteiger partial charge on any atom is 0.255 e. The lowest BCUT2D eigenvalue weighted by Crippen LogP contribution is -2.08. The fourth-order valence-corrected chi connectivity index (χ4v) is 2.73. The van der Waals surface area contributed by atoms with Crippen LogP contribution in [-0.2, 0) is 9.53 Å². The van der Waals surface area contributed by atoms with Gasteiger partial charge in [-0.2, -0.15) is 0 Å². The zero-order valence-corrected chi connectivity index (χ0v) is 9.94. The van der Waals surface area contributed by atoms with Gasteiger partial charge in [-0.3, -0.25) is 4.79 Å².